The average molecular weight is 728 g/mol. The summed E-state index contributed by atoms with van der Waals surface area (Å²) in [5.74, 6) is -2.29. The summed E-state index contributed by atoms with van der Waals surface area (Å²) in [4.78, 5) is 70.3. The second kappa shape index (κ2) is 15.5. The van der Waals surface area contributed by atoms with Crippen LogP contribution in [0.1, 0.15) is 40.5 Å². The van der Waals surface area contributed by atoms with Crippen LogP contribution in [0.4, 0.5) is 4.79 Å². The van der Waals surface area contributed by atoms with E-state index in [1.54, 1.807) is 40.9 Å². The number of aromatic nitrogens is 1. The SMILES string of the molecule is C=C[C@@]1(NC(=O)[C@H](CNC(=O)C=CC)NC(=O)OC(C)(C)C)C[C@]1(C(=O)O)C(=O)C1C[C@@H](Oc2cc(-c3ccccc3)nc3cc(OC)ccc23)CN1. The number of hydrogen-bond donors (Lipinski definition) is 5. The molecular formula is C39H45N5O9. The van der Waals surface area contributed by atoms with Gasteiger partial charge in [0.25, 0.3) is 0 Å². The van der Waals surface area contributed by atoms with Gasteiger partial charge in [0.1, 0.15) is 29.2 Å². The monoisotopic (exact) mass is 727 g/mol. The van der Waals surface area contributed by atoms with E-state index in [0.29, 0.717) is 22.7 Å². The van der Waals surface area contributed by atoms with E-state index in [4.69, 9.17) is 19.2 Å². The molecule has 3 aromatic rings. The Morgan fingerprint density at radius 3 is 2.49 bits per heavy atom. The summed E-state index contributed by atoms with van der Waals surface area (Å²) in [5.41, 5.74) is -2.42. The molecule has 2 heterocycles. The van der Waals surface area contributed by atoms with E-state index in [1.807, 2.05) is 48.5 Å². The highest BCUT2D eigenvalue weighted by molar-refractivity contribution is 6.12. The fourth-order valence-electron chi connectivity index (χ4n) is 6.51. The Kier molecular flexibility index (Phi) is 11.2. The lowest BCUT2D eigenvalue weighted by molar-refractivity contribution is -0.150. The van der Waals surface area contributed by atoms with Crippen molar-refractivity contribution >= 4 is 40.6 Å². The number of alkyl carbamates (subject to hydrolysis) is 1. The fourth-order valence-corrected chi connectivity index (χ4v) is 6.51. The minimum atomic E-state index is -2.05. The topological polar surface area (TPSA) is 194 Å². The van der Waals surface area contributed by atoms with Crippen LogP contribution in [0, 0.1) is 5.41 Å². The van der Waals surface area contributed by atoms with Crippen LogP contribution in [0.3, 0.4) is 0 Å². The zero-order valence-corrected chi connectivity index (χ0v) is 30.4. The minimum Gasteiger partial charge on any atom is -0.497 e. The number of benzene rings is 2. The molecule has 1 saturated carbocycles. The van der Waals surface area contributed by atoms with Gasteiger partial charge >= 0.3 is 12.1 Å². The number of nitrogens with one attached hydrogen (secondary N) is 4. The molecule has 280 valence electrons. The smallest absolute Gasteiger partial charge is 0.408 e. The van der Waals surface area contributed by atoms with Crippen molar-refractivity contribution < 1.29 is 43.3 Å². The molecule has 0 spiro atoms. The number of ketones is 1. The maximum Gasteiger partial charge on any atom is 0.408 e. The number of carbonyl (C=O) groups is 5. The van der Waals surface area contributed by atoms with Crippen LogP contribution < -0.4 is 30.7 Å². The molecule has 14 nitrogen and oxygen atoms in total. The molecule has 5 atom stereocenters. The van der Waals surface area contributed by atoms with Gasteiger partial charge in [0, 0.05) is 49.0 Å². The number of fused-ring (bicyclic) bond motifs is 1. The standard InChI is InChI=1S/C39H45N5O9/c1-7-12-32(45)41-21-30(43-36(50)53-37(3,4)5)34(47)44-38(8-2)22-39(38,35(48)49)33(46)29-18-25(20-40-29)52-31-19-27(23-13-10-9-11-14-23)42-28-17-24(51-6)15-16-26(28)31/h7-17,19,25,29-30,40H,2,18,20-22H2,1,3-6H3,(H,41,45)(H,43,50)(H,44,47)(H,48,49)/t25-,29?,30+,38-,39-/m1/s1. The van der Waals surface area contributed by atoms with Gasteiger partial charge in [0.2, 0.25) is 11.8 Å². The summed E-state index contributed by atoms with van der Waals surface area (Å²) >= 11 is 0. The molecule has 1 unspecified atom stereocenters. The molecule has 1 saturated heterocycles. The van der Waals surface area contributed by atoms with Gasteiger partial charge in [0.15, 0.2) is 11.2 Å². The number of nitrogens with zero attached hydrogens (tertiary/aromatic N) is 1. The summed E-state index contributed by atoms with van der Waals surface area (Å²) in [7, 11) is 1.57. The molecular weight excluding hydrogens is 682 g/mol. The van der Waals surface area contributed by atoms with Gasteiger partial charge in [-0.3, -0.25) is 19.2 Å². The number of rotatable bonds is 14. The van der Waals surface area contributed by atoms with E-state index in [1.165, 1.54) is 18.2 Å². The highest BCUT2D eigenvalue weighted by atomic mass is 16.6. The highest BCUT2D eigenvalue weighted by Gasteiger charge is 2.77. The third-order valence-electron chi connectivity index (χ3n) is 9.22. The predicted octanol–water partition coefficient (Wildman–Crippen LogP) is 3.69. The van der Waals surface area contributed by atoms with Crippen LogP contribution in [0.15, 0.2) is 79.4 Å². The summed E-state index contributed by atoms with van der Waals surface area (Å²) < 4.78 is 17.2. The summed E-state index contributed by atoms with van der Waals surface area (Å²) in [6, 6.07) is 14.6. The summed E-state index contributed by atoms with van der Waals surface area (Å²) in [6.07, 6.45) is 2.40. The molecule has 0 radical (unpaired) electrons. The van der Waals surface area contributed by atoms with Crippen LogP contribution in [0.25, 0.3) is 22.2 Å². The van der Waals surface area contributed by atoms with E-state index >= 15 is 0 Å². The first-order valence-corrected chi connectivity index (χ1v) is 17.2. The molecule has 3 amide bonds. The zero-order chi connectivity index (χ0) is 38.6. The second-order valence-electron chi connectivity index (χ2n) is 14.1. The van der Waals surface area contributed by atoms with Crippen LogP contribution in [0.2, 0.25) is 0 Å². The molecule has 53 heavy (non-hydrogen) atoms. The van der Waals surface area contributed by atoms with Crippen molar-refractivity contribution in [1.29, 1.82) is 0 Å². The molecule has 0 bridgehead atoms. The predicted molar refractivity (Wildman–Crippen MR) is 196 cm³/mol. The Balaban J connectivity index is 1.34. The Bertz CT molecular complexity index is 1940. The zero-order valence-electron chi connectivity index (χ0n) is 30.4. The Morgan fingerprint density at radius 2 is 1.85 bits per heavy atom. The average Bonchev–Trinajstić information content (AvgIpc) is 3.57. The van der Waals surface area contributed by atoms with Crippen LogP contribution in [0.5, 0.6) is 11.5 Å². The van der Waals surface area contributed by atoms with Crippen molar-refractivity contribution in [2.24, 2.45) is 5.41 Å². The largest absolute Gasteiger partial charge is 0.497 e. The normalized spacial score (nSPS) is 22.7. The quantitative estimate of drug-likeness (QED) is 0.0924. The number of pyridine rings is 1. The lowest BCUT2D eigenvalue weighted by Crippen LogP contribution is -2.58. The first kappa shape index (κ1) is 38.5. The number of allylic oxidation sites excluding steroid dienone is 1. The second-order valence-corrected chi connectivity index (χ2v) is 14.1. The van der Waals surface area contributed by atoms with Gasteiger partial charge in [0.05, 0.1) is 29.9 Å². The number of ether oxygens (including phenoxy) is 3. The number of aliphatic carboxylic acids is 1. The van der Waals surface area contributed by atoms with Gasteiger partial charge < -0.3 is 40.6 Å². The number of carbonyl (C=O) groups excluding carboxylic acids is 4. The van der Waals surface area contributed by atoms with Crippen LogP contribution in [-0.4, -0.2) is 89.3 Å². The molecule has 1 aromatic heterocycles. The van der Waals surface area contributed by atoms with Crippen molar-refractivity contribution in [2.45, 2.75) is 69.9 Å². The van der Waals surface area contributed by atoms with Crippen molar-refractivity contribution in [1.82, 2.24) is 26.3 Å². The maximum absolute atomic E-state index is 14.2. The van der Waals surface area contributed by atoms with Crippen LogP contribution in [-0.2, 0) is 23.9 Å². The molecule has 2 aliphatic rings. The van der Waals surface area contributed by atoms with E-state index in [9.17, 15) is 29.1 Å². The van der Waals surface area contributed by atoms with Gasteiger partial charge in [-0.25, -0.2) is 9.78 Å². The Labute approximate surface area is 307 Å². The number of carboxylic acids is 1. The van der Waals surface area contributed by atoms with E-state index in [2.05, 4.69) is 27.8 Å². The maximum atomic E-state index is 14.2. The number of carboxylic acid groups (broad SMARTS) is 1. The van der Waals surface area contributed by atoms with Crippen molar-refractivity contribution in [3.8, 4) is 22.8 Å². The molecule has 2 fully saturated rings. The summed E-state index contributed by atoms with van der Waals surface area (Å²) in [6.45, 7) is 10.2. The fraction of sp³-hybridized carbons (Fsp3) is 0.385. The van der Waals surface area contributed by atoms with Crippen molar-refractivity contribution in [2.75, 3.05) is 20.2 Å². The number of methoxy groups -OCH3 is 1. The third kappa shape index (κ3) is 8.33. The van der Waals surface area contributed by atoms with E-state index in [0.717, 1.165) is 10.9 Å². The van der Waals surface area contributed by atoms with Crippen molar-refractivity contribution in [3.63, 3.8) is 0 Å². The number of Topliss-reactive ketones (excluding diaryl/α,β-unsaturated/α-hetero) is 1. The van der Waals surface area contributed by atoms with Crippen molar-refractivity contribution in [3.05, 3.63) is 79.4 Å². The Hall–Kier alpha value is -5.76. The third-order valence-corrected chi connectivity index (χ3v) is 9.22. The van der Waals surface area contributed by atoms with Gasteiger partial charge in [-0.15, -0.1) is 6.58 Å². The molecule has 14 heteroatoms. The molecule has 1 aliphatic carbocycles. The molecule has 2 aromatic carbocycles. The van der Waals surface area contributed by atoms with Gasteiger partial charge in [-0.05, 0) is 45.9 Å². The number of amides is 3. The minimum absolute atomic E-state index is 0.148. The van der Waals surface area contributed by atoms with Gasteiger partial charge in [-0.1, -0.05) is 42.5 Å². The van der Waals surface area contributed by atoms with Gasteiger partial charge in [-0.2, -0.15) is 0 Å². The van der Waals surface area contributed by atoms with E-state index in [-0.39, 0.29) is 25.9 Å². The Morgan fingerprint density at radius 1 is 1.11 bits per heavy atom. The number of hydrogen-bond acceptors (Lipinski definition) is 10. The summed E-state index contributed by atoms with van der Waals surface area (Å²) in [5, 5.41) is 22.0. The molecule has 5 N–H and O–H groups in total. The first-order valence-electron chi connectivity index (χ1n) is 17.2. The van der Waals surface area contributed by atoms with Crippen LogP contribution >= 0.6 is 0 Å². The van der Waals surface area contributed by atoms with E-state index < -0.39 is 64.4 Å². The lowest BCUT2D eigenvalue weighted by atomic mass is 9.88. The highest BCUT2D eigenvalue weighted by Crippen LogP contribution is 2.59. The molecule has 1 aliphatic heterocycles. The first-order chi connectivity index (χ1) is 25.1. The lowest BCUT2D eigenvalue weighted by Gasteiger charge is -2.27. The molecule has 5 rings (SSSR count).